The van der Waals surface area contributed by atoms with Crippen LogP contribution in [0.5, 0.6) is 0 Å². The van der Waals surface area contributed by atoms with Crippen LogP contribution < -0.4 is 5.32 Å². The zero-order chi connectivity index (χ0) is 13.0. The molecule has 1 aliphatic heterocycles. The van der Waals surface area contributed by atoms with Gasteiger partial charge in [-0.25, -0.2) is 0 Å². The zero-order valence-corrected chi connectivity index (χ0v) is 11.8. The van der Waals surface area contributed by atoms with Crippen LogP contribution >= 0.6 is 0 Å². The summed E-state index contributed by atoms with van der Waals surface area (Å²) in [6, 6.07) is 0.681. The number of nitrogens with one attached hydrogen (secondary N) is 1. The summed E-state index contributed by atoms with van der Waals surface area (Å²) in [7, 11) is 1.88. The van der Waals surface area contributed by atoms with Crippen LogP contribution in [0.4, 0.5) is 0 Å². The third-order valence-corrected chi connectivity index (χ3v) is 4.24. The number of carbonyl (C=O) groups is 1. The molecule has 4 nitrogen and oxygen atoms in total. The smallest absolute Gasteiger partial charge is 0.236 e. The molecule has 0 radical (unpaired) electrons. The van der Waals surface area contributed by atoms with E-state index in [1.54, 1.807) is 4.90 Å². The Morgan fingerprint density at radius 3 is 2.50 bits per heavy atom. The molecule has 0 bridgehead atoms. The average molecular weight is 253 g/mol. The fourth-order valence-electron chi connectivity index (χ4n) is 2.44. The molecule has 2 aliphatic rings. The quantitative estimate of drug-likeness (QED) is 0.765. The highest BCUT2D eigenvalue weighted by atomic mass is 16.2. The van der Waals surface area contributed by atoms with Crippen molar-refractivity contribution in [3.8, 4) is 0 Å². The minimum atomic E-state index is 0.252. The summed E-state index contributed by atoms with van der Waals surface area (Å²) in [6.07, 6.45) is 5.22. The SMILES string of the molecule is CCN(C)C(=O)CN1CCC(NCC2CC2)CC1. The van der Waals surface area contributed by atoms with Gasteiger partial charge in [-0.05, 0) is 45.1 Å². The molecule has 1 saturated carbocycles. The summed E-state index contributed by atoms with van der Waals surface area (Å²) in [4.78, 5) is 15.9. The van der Waals surface area contributed by atoms with E-state index in [1.807, 2.05) is 14.0 Å². The van der Waals surface area contributed by atoms with Gasteiger partial charge in [0, 0.05) is 32.7 Å². The lowest BCUT2D eigenvalue weighted by atomic mass is 10.0. The van der Waals surface area contributed by atoms with E-state index in [0.29, 0.717) is 12.6 Å². The van der Waals surface area contributed by atoms with Gasteiger partial charge in [-0.1, -0.05) is 0 Å². The van der Waals surface area contributed by atoms with Gasteiger partial charge < -0.3 is 10.2 Å². The highest BCUT2D eigenvalue weighted by Gasteiger charge is 2.25. The number of likely N-dealkylation sites (N-methyl/N-ethyl adjacent to an activating group) is 1. The predicted molar refractivity (Wildman–Crippen MR) is 73.5 cm³/mol. The second kappa shape index (κ2) is 6.53. The van der Waals surface area contributed by atoms with Crippen LogP contribution in [0.3, 0.4) is 0 Å². The number of carbonyl (C=O) groups excluding carboxylic acids is 1. The minimum Gasteiger partial charge on any atom is -0.345 e. The molecule has 1 heterocycles. The maximum atomic E-state index is 11.8. The fourth-order valence-corrected chi connectivity index (χ4v) is 2.44. The highest BCUT2D eigenvalue weighted by molar-refractivity contribution is 5.77. The molecule has 0 unspecified atom stereocenters. The molecule has 1 N–H and O–H groups in total. The first-order chi connectivity index (χ1) is 8.69. The van der Waals surface area contributed by atoms with E-state index in [9.17, 15) is 4.79 Å². The van der Waals surface area contributed by atoms with Crippen molar-refractivity contribution < 1.29 is 4.79 Å². The van der Waals surface area contributed by atoms with E-state index in [0.717, 1.165) is 25.6 Å². The Hall–Kier alpha value is -0.610. The lowest BCUT2D eigenvalue weighted by Crippen LogP contribution is -2.46. The summed E-state index contributed by atoms with van der Waals surface area (Å²) in [5.41, 5.74) is 0. The third-order valence-electron chi connectivity index (χ3n) is 4.24. The Morgan fingerprint density at radius 1 is 1.28 bits per heavy atom. The highest BCUT2D eigenvalue weighted by Crippen LogP contribution is 2.28. The van der Waals surface area contributed by atoms with Gasteiger partial charge in [0.2, 0.25) is 5.91 Å². The van der Waals surface area contributed by atoms with Crippen molar-refractivity contribution >= 4 is 5.91 Å². The maximum Gasteiger partial charge on any atom is 0.236 e. The number of amides is 1. The monoisotopic (exact) mass is 253 g/mol. The van der Waals surface area contributed by atoms with Crippen LogP contribution in [0.15, 0.2) is 0 Å². The maximum absolute atomic E-state index is 11.8. The Bertz CT molecular complexity index is 270. The Labute approximate surface area is 111 Å². The normalized spacial score (nSPS) is 22.1. The van der Waals surface area contributed by atoms with Crippen molar-refractivity contribution in [1.29, 1.82) is 0 Å². The topological polar surface area (TPSA) is 35.6 Å². The second-order valence-electron chi connectivity index (χ2n) is 5.81. The van der Waals surface area contributed by atoms with Crippen molar-refractivity contribution in [2.75, 3.05) is 39.8 Å². The van der Waals surface area contributed by atoms with E-state index in [1.165, 1.54) is 32.2 Å². The van der Waals surface area contributed by atoms with Crippen LogP contribution in [0, 0.1) is 5.92 Å². The molecule has 1 saturated heterocycles. The Kier molecular flexibility index (Phi) is 5.01. The van der Waals surface area contributed by atoms with Gasteiger partial charge in [0.25, 0.3) is 0 Å². The average Bonchev–Trinajstić information content (AvgIpc) is 3.21. The molecule has 1 aliphatic carbocycles. The molecule has 4 heteroatoms. The van der Waals surface area contributed by atoms with Crippen LogP contribution in [0.25, 0.3) is 0 Å². The minimum absolute atomic E-state index is 0.252. The second-order valence-corrected chi connectivity index (χ2v) is 5.81. The standard InChI is InChI=1S/C14H27N3O/c1-3-16(2)14(18)11-17-8-6-13(7-9-17)15-10-12-4-5-12/h12-13,15H,3-11H2,1-2H3. The van der Waals surface area contributed by atoms with Gasteiger partial charge in [0.05, 0.1) is 6.54 Å². The molecule has 0 aromatic heterocycles. The predicted octanol–water partition coefficient (Wildman–Crippen LogP) is 0.929. The first-order valence-corrected chi connectivity index (χ1v) is 7.38. The van der Waals surface area contributed by atoms with Crippen molar-refractivity contribution in [3.63, 3.8) is 0 Å². The van der Waals surface area contributed by atoms with Gasteiger partial charge in [0.15, 0.2) is 0 Å². The summed E-state index contributed by atoms with van der Waals surface area (Å²) >= 11 is 0. The van der Waals surface area contributed by atoms with Gasteiger partial charge in [-0.2, -0.15) is 0 Å². The first kappa shape index (κ1) is 13.8. The summed E-state index contributed by atoms with van der Waals surface area (Å²) in [6.45, 7) is 6.75. The summed E-state index contributed by atoms with van der Waals surface area (Å²) < 4.78 is 0. The lowest BCUT2D eigenvalue weighted by Gasteiger charge is -2.32. The molecule has 0 aromatic rings. The van der Waals surface area contributed by atoms with E-state index in [-0.39, 0.29) is 5.91 Å². The number of likely N-dealkylation sites (tertiary alicyclic amines) is 1. The molecule has 2 fully saturated rings. The number of hydrogen-bond donors (Lipinski definition) is 1. The van der Waals surface area contributed by atoms with Crippen molar-refractivity contribution in [2.24, 2.45) is 5.92 Å². The molecule has 18 heavy (non-hydrogen) atoms. The largest absolute Gasteiger partial charge is 0.345 e. The van der Waals surface area contributed by atoms with Crippen molar-refractivity contribution in [3.05, 3.63) is 0 Å². The van der Waals surface area contributed by atoms with Gasteiger partial charge in [-0.3, -0.25) is 9.69 Å². The number of piperidine rings is 1. The third kappa shape index (κ3) is 4.25. The summed E-state index contributed by atoms with van der Waals surface area (Å²) in [5, 5.41) is 3.67. The Morgan fingerprint density at radius 2 is 1.94 bits per heavy atom. The van der Waals surface area contributed by atoms with Crippen LogP contribution in [0.2, 0.25) is 0 Å². The summed E-state index contributed by atoms with van der Waals surface area (Å²) in [5.74, 6) is 1.21. The molecule has 0 spiro atoms. The molecule has 2 rings (SSSR count). The van der Waals surface area contributed by atoms with Crippen LogP contribution in [-0.4, -0.2) is 61.5 Å². The molecule has 0 aromatic carbocycles. The molecule has 104 valence electrons. The number of nitrogens with zero attached hydrogens (tertiary/aromatic N) is 2. The van der Waals surface area contributed by atoms with Gasteiger partial charge in [-0.15, -0.1) is 0 Å². The molecular weight excluding hydrogens is 226 g/mol. The Balaban J connectivity index is 1.61. The fraction of sp³-hybridized carbons (Fsp3) is 0.929. The first-order valence-electron chi connectivity index (χ1n) is 7.38. The van der Waals surface area contributed by atoms with E-state index in [2.05, 4.69) is 10.2 Å². The van der Waals surface area contributed by atoms with Crippen LogP contribution in [0.1, 0.15) is 32.6 Å². The lowest BCUT2D eigenvalue weighted by molar-refractivity contribution is -0.131. The zero-order valence-electron chi connectivity index (χ0n) is 11.8. The van der Waals surface area contributed by atoms with Gasteiger partial charge >= 0.3 is 0 Å². The number of rotatable bonds is 6. The van der Waals surface area contributed by atoms with Crippen molar-refractivity contribution in [2.45, 2.75) is 38.6 Å². The molecular formula is C14H27N3O. The van der Waals surface area contributed by atoms with Gasteiger partial charge in [0.1, 0.15) is 0 Å². The van der Waals surface area contributed by atoms with E-state index < -0.39 is 0 Å². The van der Waals surface area contributed by atoms with Crippen molar-refractivity contribution in [1.82, 2.24) is 15.1 Å². The van der Waals surface area contributed by atoms with E-state index in [4.69, 9.17) is 0 Å². The number of hydrogen-bond acceptors (Lipinski definition) is 3. The molecule has 1 amide bonds. The molecule has 0 atom stereocenters. The van der Waals surface area contributed by atoms with E-state index >= 15 is 0 Å². The van der Waals surface area contributed by atoms with Crippen LogP contribution in [-0.2, 0) is 4.79 Å².